The summed E-state index contributed by atoms with van der Waals surface area (Å²) < 4.78 is 5.88. The van der Waals surface area contributed by atoms with Crippen LogP contribution in [0.1, 0.15) is 64.7 Å². The molecule has 0 spiro atoms. The third kappa shape index (κ3) is 4.04. The highest BCUT2D eigenvalue weighted by molar-refractivity contribution is 5.20. The summed E-state index contributed by atoms with van der Waals surface area (Å²) in [4.78, 5) is 0. The highest BCUT2D eigenvalue weighted by Crippen LogP contribution is 2.48. The lowest BCUT2D eigenvalue weighted by Crippen LogP contribution is -2.36. The van der Waals surface area contributed by atoms with Crippen LogP contribution in [0, 0.1) is 29.1 Å². The van der Waals surface area contributed by atoms with Crippen LogP contribution in [0.25, 0.3) is 0 Å². The van der Waals surface area contributed by atoms with Crippen molar-refractivity contribution < 1.29 is 4.74 Å². The van der Waals surface area contributed by atoms with Gasteiger partial charge in [-0.1, -0.05) is 30.4 Å². The molecule has 0 radical (unpaired) electrons. The molecule has 0 aromatic heterocycles. The zero-order chi connectivity index (χ0) is 16.8. The Labute approximate surface area is 149 Å². The fraction of sp³-hybridized carbons (Fsp3) is 0.739. The number of ether oxygens (including phenoxy) is 1. The molecular weight excluding hydrogens is 292 g/mol. The summed E-state index contributed by atoms with van der Waals surface area (Å²) >= 11 is 0. The molecule has 0 heterocycles. The second-order valence-corrected chi connectivity index (χ2v) is 8.31. The molecule has 2 saturated carbocycles. The predicted molar refractivity (Wildman–Crippen MR) is 103 cm³/mol. The van der Waals surface area contributed by atoms with Gasteiger partial charge in [-0.3, -0.25) is 0 Å². The maximum atomic E-state index is 5.88. The molecule has 0 bridgehead atoms. The Kier molecular flexibility index (Phi) is 6.38. The summed E-state index contributed by atoms with van der Waals surface area (Å²) in [5.74, 6) is 3.54. The van der Waals surface area contributed by atoms with Crippen molar-refractivity contribution in [3.63, 3.8) is 0 Å². The van der Waals surface area contributed by atoms with Gasteiger partial charge < -0.3 is 4.74 Å². The minimum absolute atomic E-state index is 0.180. The zero-order valence-corrected chi connectivity index (χ0v) is 15.6. The van der Waals surface area contributed by atoms with Crippen molar-refractivity contribution in [1.82, 2.24) is 0 Å². The normalized spacial score (nSPS) is 35.7. The maximum absolute atomic E-state index is 5.88. The topological polar surface area (TPSA) is 9.23 Å². The van der Waals surface area contributed by atoms with Crippen molar-refractivity contribution in [1.29, 1.82) is 0 Å². The minimum atomic E-state index is 0.180. The molecule has 3 rings (SSSR count). The van der Waals surface area contributed by atoms with Gasteiger partial charge in [0, 0.05) is 12.0 Å². The lowest BCUT2D eigenvalue weighted by atomic mass is 9.62. The van der Waals surface area contributed by atoms with E-state index in [1.54, 1.807) is 0 Å². The lowest BCUT2D eigenvalue weighted by molar-refractivity contribution is 0.0421. The quantitative estimate of drug-likeness (QED) is 0.518. The van der Waals surface area contributed by atoms with Crippen LogP contribution in [-0.4, -0.2) is 13.2 Å². The van der Waals surface area contributed by atoms with Crippen molar-refractivity contribution in [2.24, 2.45) is 29.1 Å². The zero-order valence-electron chi connectivity index (χ0n) is 15.6. The lowest BCUT2D eigenvalue weighted by Gasteiger charge is -2.43. The van der Waals surface area contributed by atoms with Crippen molar-refractivity contribution in [2.75, 3.05) is 13.2 Å². The van der Waals surface area contributed by atoms with Crippen LogP contribution in [0.3, 0.4) is 0 Å². The van der Waals surface area contributed by atoms with Gasteiger partial charge in [0.2, 0.25) is 0 Å². The van der Waals surface area contributed by atoms with Crippen LogP contribution < -0.4 is 0 Å². The Morgan fingerprint density at radius 2 is 1.54 bits per heavy atom. The molecule has 0 unspecified atom stereocenters. The Morgan fingerprint density at radius 3 is 2.08 bits per heavy atom. The van der Waals surface area contributed by atoms with E-state index in [1.165, 1.54) is 51.4 Å². The molecule has 0 aliphatic heterocycles. The Morgan fingerprint density at radius 1 is 0.958 bits per heavy atom. The summed E-state index contributed by atoms with van der Waals surface area (Å²) in [7, 11) is 0. The van der Waals surface area contributed by atoms with Gasteiger partial charge in [-0.2, -0.15) is 0 Å². The third-order valence-corrected chi connectivity index (χ3v) is 7.03. The molecule has 0 amide bonds. The van der Waals surface area contributed by atoms with Gasteiger partial charge in [0.05, 0.1) is 6.61 Å². The largest absolute Gasteiger partial charge is 0.380 e. The first-order valence-corrected chi connectivity index (χ1v) is 10.3. The van der Waals surface area contributed by atoms with Gasteiger partial charge in [0.15, 0.2) is 0 Å². The first kappa shape index (κ1) is 18.0. The Hall–Kier alpha value is -0.820. The van der Waals surface area contributed by atoms with Gasteiger partial charge in [-0.15, -0.1) is 6.58 Å². The monoisotopic (exact) mass is 328 g/mol. The fourth-order valence-electron chi connectivity index (χ4n) is 5.45. The molecule has 2 fully saturated rings. The number of hydrogen-bond acceptors (Lipinski definition) is 1. The molecule has 0 saturated heterocycles. The summed E-state index contributed by atoms with van der Waals surface area (Å²) in [6.07, 6.45) is 24.2. The van der Waals surface area contributed by atoms with E-state index in [1.807, 2.05) is 0 Å². The highest BCUT2D eigenvalue weighted by Gasteiger charge is 2.39. The highest BCUT2D eigenvalue weighted by atomic mass is 16.5. The van der Waals surface area contributed by atoms with E-state index in [4.69, 9.17) is 4.74 Å². The van der Waals surface area contributed by atoms with E-state index in [0.717, 1.165) is 43.3 Å². The van der Waals surface area contributed by atoms with Crippen molar-refractivity contribution in [2.45, 2.75) is 64.7 Å². The molecule has 1 heteroatoms. The average molecular weight is 329 g/mol. The molecular formula is C23H36O. The molecule has 134 valence electrons. The van der Waals surface area contributed by atoms with Crippen LogP contribution in [0.5, 0.6) is 0 Å². The van der Waals surface area contributed by atoms with E-state index in [-0.39, 0.29) is 5.41 Å². The van der Waals surface area contributed by atoms with Crippen LogP contribution in [0.4, 0.5) is 0 Å². The van der Waals surface area contributed by atoms with Crippen molar-refractivity contribution in [3.8, 4) is 0 Å². The van der Waals surface area contributed by atoms with Crippen LogP contribution in [-0.2, 0) is 4.74 Å². The summed E-state index contributed by atoms with van der Waals surface area (Å²) in [6.45, 7) is 7.80. The van der Waals surface area contributed by atoms with Crippen LogP contribution in [0.2, 0.25) is 0 Å². The smallest absolute Gasteiger partial charge is 0.0594 e. The van der Waals surface area contributed by atoms with E-state index in [9.17, 15) is 0 Å². The number of allylic oxidation sites excluding steroid dienone is 3. The first-order chi connectivity index (χ1) is 11.8. The van der Waals surface area contributed by atoms with Gasteiger partial charge in [0.1, 0.15) is 0 Å². The molecule has 3 aliphatic rings. The second kappa shape index (κ2) is 8.52. The van der Waals surface area contributed by atoms with Gasteiger partial charge >= 0.3 is 0 Å². The van der Waals surface area contributed by atoms with E-state index in [2.05, 4.69) is 43.9 Å². The second-order valence-electron chi connectivity index (χ2n) is 8.31. The number of rotatable bonds is 6. The van der Waals surface area contributed by atoms with Crippen LogP contribution in [0.15, 0.2) is 37.0 Å². The Bertz CT molecular complexity index is 433. The molecule has 0 N–H and O–H groups in total. The molecule has 0 aromatic rings. The summed E-state index contributed by atoms with van der Waals surface area (Å²) in [6, 6.07) is 0. The first-order valence-electron chi connectivity index (χ1n) is 10.3. The third-order valence-electron chi connectivity index (χ3n) is 7.03. The number of hydrogen-bond donors (Lipinski definition) is 0. The predicted octanol–water partition coefficient (Wildman–Crippen LogP) is 6.32. The van der Waals surface area contributed by atoms with Crippen LogP contribution >= 0.6 is 0 Å². The molecule has 0 aromatic carbocycles. The Balaban J connectivity index is 1.55. The average Bonchev–Trinajstić information content (AvgIpc) is 2.67. The van der Waals surface area contributed by atoms with Gasteiger partial charge in [-0.05, 0) is 88.4 Å². The summed E-state index contributed by atoms with van der Waals surface area (Å²) in [5, 5.41) is 0. The van der Waals surface area contributed by atoms with Gasteiger partial charge in [0.25, 0.3) is 0 Å². The fourth-order valence-corrected chi connectivity index (χ4v) is 5.45. The molecule has 3 aliphatic carbocycles. The van der Waals surface area contributed by atoms with E-state index < -0.39 is 0 Å². The standard InChI is InChI=1S/C23H36O/c1-3-19-8-10-20(11-9-19)21-12-14-22(15-13-21)23(18-24-4-2)16-6-5-7-17-23/h3,6-7,16-17,19-22H,1,4-5,8-15,18H2,2H3/t19-,20-,21?,22?. The molecule has 0 atom stereocenters. The van der Waals surface area contributed by atoms with Crippen molar-refractivity contribution >= 4 is 0 Å². The van der Waals surface area contributed by atoms with E-state index in [0.29, 0.717) is 0 Å². The maximum Gasteiger partial charge on any atom is 0.0594 e. The minimum Gasteiger partial charge on any atom is -0.380 e. The van der Waals surface area contributed by atoms with E-state index >= 15 is 0 Å². The van der Waals surface area contributed by atoms with Gasteiger partial charge in [-0.25, -0.2) is 0 Å². The summed E-state index contributed by atoms with van der Waals surface area (Å²) in [5.41, 5.74) is 0.180. The SMILES string of the molecule is C=C[C@H]1CC[C@H](C2CCC(C3(COCC)C=CCC=C3)CC2)CC1. The van der Waals surface area contributed by atoms with Crippen molar-refractivity contribution in [3.05, 3.63) is 37.0 Å². The molecule has 1 nitrogen and oxygen atoms in total. The molecule has 24 heavy (non-hydrogen) atoms.